The third kappa shape index (κ3) is 3.28. The maximum absolute atomic E-state index is 9.88. The first-order valence-electron chi connectivity index (χ1n) is 6.05. The van der Waals surface area contributed by atoms with Crippen molar-refractivity contribution in [3.05, 3.63) is 23.8 Å². The zero-order valence-corrected chi connectivity index (χ0v) is 11.3. The number of nitrogens with two attached hydrogens (primary N) is 1. The van der Waals surface area contributed by atoms with E-state index in [-0.39, 0.29) is 18.4 Å². The van der Waals surface area contributed by atoms with E-state index in [0.29, 0.717) is 25.4 Å². The molecule has 0 radical (unpaired) electrons. The minimum Gasteiger partial charge on any atom is -0.486 e. The molecule has 0 fully saturated rings. The first-order valence-corrected chi connectivity index (χ1v) is 6.05. The Morgan fingerprint density at radius 1 is 1.28 bits per heavy atom. The number of aliphatic hydroxyl groups is 1. The van der Waals surface area contributed by atoms with Crippen LogP contribution in [0, 0.1) is 0 Å². The molecule has 0 unspecified atom stereocenters. The van der Waals surface area contributed by atoms with Crippen molar-refractivity contribution in [2.75, 3.05) is 13.2 Å². The molecule has 0 bridgehead atoms. The van der Waals surface area contributed by atoms with Crippen molar-refractivity contribution in [1.82, 2.24) is 0 Å². The number of hydrogen-bond donors (Lipinski definition) is 2. The number of hydrogen-bond acceptors (Lipinski definition) is 4. The van der Waals surface area contributed by atoms with Gasteiger partial charge in [0.15, 0.2) is 11.5 Å². The van der Waals surface area contributed by atoms with E-state index in [0.717, 1.165) is 17.7 Å². The van der Waals surface area contributed by atoms with E-state index in [1.165, 1.54) is 0 Å². The molecule has 0 amide bonds. The van der Waals surface area contributed by atoms with E-state index >= 15 is 0 Å². The Hall–Kier alpha value is -0.970. The number of halogens is 1. The van der Waals surface area contributed by atoms with Gasteiger partial charge in [-0.1, -0.05) is 19.4 Å². The first-order chi connectivity index (χ1) is 8.22. The Morgan fingerprint density at radius 2 is 1.94 bits per heavy atom. The van der Waals surface area contributed by atoms with Gasteiger partial charge in [-0.2, -0.15) is 0 Å². The highest BCUT2D eigenvalue weighted by atomic mass is 35.5. The van der Waals surface area contributed by atoms with Crippen molar-refractivity contribution >= 4 is 12.4 Å². The van der Waals surface area contributed by atoms with E-state index in [4.69, 9.17) is 15.2 Å². The quantitative estimate of drug-likeness (QED) is 0.881. The van der Waals surface area contributed by atoms with Gasteiger partial charge < -0.3 is 20.3 Å². The van der Waals surface area contributed by atoms with Gasteiger partial charge >= 0.3 is 0 Å². The minimum atomic E-state index is -0.512. The van der Waals surface area contributed by atoms with Crippen LogP contribution in [0.25, 0.3) is 0 Å². The summed E-state index contributed by atoms with van der Waals surface area (Å²) in [6.45, 7) is 3.17. The van der Waals surface area contributed by atoms with Crippen LogP contribution in [-0.2, 0) is 0 Å². The van der Waals surface area contributed by atoms with E-state index < -0.39 is 6.10 Å². The lowest BCUT2D eigenvalue weighted by atomic mass is 9.99. The molecule has 0 aromatic heterocycles. The molecule has 1 aliphatic rings. The molecule has 2 rings (SSSR count). The van der Waals surface area contributed by atoms with Crippen LogP contribution < -0.4 is 15.2 Å². The predicted molar refractivity (Wildman–Crippen MR) is 72.5 cm³/mol. The molecule has 2 atom stereocenters. The molecule has 102 valence electrons. The number of ether oxygens (including phenoxy) is 2. The van der Waals surface area contributed by atoms with Gasteiger partial charge in [0, 0.05) is 0 Å². The smallest absolute Gasteiger partial charge is 0.161 e. The summed E-state index contributed by atoms with van der Waals surface area (Å²) in [6, 6.07) is 5.23. The SMILES string of the molecule is CCC[C@@H](O)[C@@H](N)c1ccc2c(c1)OCCO2.Cl. The Balaban J connectivity index is 0.00000162. The van der Waals surface area contributed by atoms with E-state index in [1.807, 2.05) is 25.1 Å². The van der Waals surface area contributed by atoms with Gasteiger partial charge in [-0.05, 0) is 24.1 Å². The second-order valence-corrected chi connectivity index (χ2v) is 4.28. The lowest BCUT2D eigenvalue weighted by Crippen LogP contribution is -2.26. The molecule has 0 saturated carbocycles. The summed E-state index contributed by atoms with van der Waals surface area (Å²) < 4.78 is 10.9. The van der Waals surface area contributed by atoms with Gasteiger partial charge in [-0.25, -0.2) is 0 Å². The molecule has 1 aliphatic heterocycles. The van der Waals surface area contributed by atoms with Gasteiger partial charge in [0.25, 0.3) is 0 Å². The fourth-order valence-electron chi connectivity index (χ4n) is 1.96. The highest BCUT2D eigenvalue weighted by Crippen LogP contribution is 2.33. The Morgan fingerprint density at radius 3 is 2.61 bits per heavy atom. The Labute approximate surface area is 113 Å². The van der Waals surface area contributed by atoms with Gasteiger partial charge in [0.1, 0.15) is 13.2 Å². The van der Waals surface area contributed by atoms with E-state index in [2.05, 4.69) is 0 Å². The van der Waals surface area contributed by atoms with Crippen LogP contribution in [0.2, 0.25) is 0 Å². The standard InChI is InChI=1S/C13H19NO3.ClH/c1-2-3-10(15)13(14)9-4-5-11-12(8-9)17-7-6-16-11;/h4-5,8,10,13,15H,2-3,6-7,14H2,1H3;1H/t10-,13+;/m1./s1. The summed E-state index contributed by atoms with van der Waals surface area (Å²) in [7, 11) is 0. The first kappa shape index (κ1) is 15.1. The second-order valence-electron chi connectivity index (χ2n) is 4.28. The molecule has 4 nitrogen and oxygen atoms in total. The molecular formula is C13H20ClNO3. The van der Waals surface area contributed by atoms with Gasteiger partial charge in [0.2, 0.25) is 0 Å². The van der Waals surface area contributed by atoms with Crippen LogP contribution in [0.3, 0.4) is 0 Å². The number of fused-ring (bicyclic) bond motifs is 1. The second kappa shape index (κ2) is 6.83. The van der Waals surface area contributed by atoms with Gasteiger partial charge in [-0.15, -0.1) is 12.4 Å². The summed E-state index contributed by atoms with van der Waals surface area (Å²) in [5.74, 6) is 1.46. The maximum Gasteiger partial charge on any atom is 0.161 e. The molecule has 0 saturated heterocycles. The molecule has 3 N–H and O–H groups in total. The molecule has 1 heterocycles. The fraction of sp³-hybridized carbons (Fsp3) is 0.538. The van der Waals surface area contributed by atoms with Crippen molar-refractivity contribution in [3.63, 3.8) is 0 Å². The zero-order chi connectivity index (χ0) is 12.3. The van der Waals surface area contributed by atoms with Crippen molar-refractivity contribution in [1.29, 1.82) is 0 Å². The monoisotopic (exact) mass is 273 g/mol. The van der Waals surface area contributed by atoms with Crippen LogP contribution in [0.5, 0.6) is 11.5 Å². The number of rotatable bonds is 4. The van der Waals surface area contributed by atoms with Crippen LogP contribution in [0.1, 0.15) is 31.4 Å². The molecule has 5 heteroatoms. The molecule has 1 aromatic rings. The van der Waals surface area contributed by atoms with Crippen LogP contribution in [0.4, 0.5) is 0 Å². The van der Waals surface area contributed by atoms with Crippen molar-refractivity contribution in [2.45, 2.75) is 31.9 Å². The topological polar surface area (TPSA) is 64.7 Å². The van der Waals surface area contributed by atoms with Crippen molar-refractivity contribution < 1.29 is 14.6 Å². The third-order valence-corrected chi connectivity index (χ3v) is 2.95. The number of benzene rings is 1. The summed E-state index contributed by atoms with van der Waals surface area (Å²) in [4.78, 5) is 0. The maximum atomic E-state index is 9.88. The summed E-state index contributed by atoms with van der Waals surface area (Å²) in [6.07, 6.45) is 1.11. The number of aliphatic hydroxyl groups excluding tert-OH is 1. The minimum absolute atomic E-state index is 0. The summed E-state index contributed by atoms with van der Waals surface area (Å²) >= 11 is 0. The third-order valence-electron chi connectivity index (χ3n) is 2.95. The fourth-order valence-corrected chi connectivity index (χ4v) is 1.96. The average Bonchev–Trinajstić information content (AvgIpc) is 2.37. The Kier molecular flexibility index (Phi) is 5.72. The van der Waals surface area contributed by atoms with Crippen LogP contribution in [0.15, 0.2) is 18.2 Å². The largest absolute Gasteiger partial charge is 0.486 e. The normalized spacial score (nSPS) is 16.6. The van der Waals surface area contributed by atoms with Crippen molar-refractivity contribution in [3.8, 4) is 11.5 Å². The molecule has 0 spiro atoms. The van der Waals surface area contributed by atoms with E-state index in [1.54, 1.807) is 0 Å². The lowest BCUT2D eigenvalue weighted by molar-refractivity contribution is 0.133. The lowest BCUT2D eigenvalue weighted by Gasteiger charge is -2.22. The van der Waals surface area contributed by atoms with Crippen LogP contribution >= 0.6 is 12.4 Å². The van der Waals surface area contributed by atoms with Gasteiger partial charge in [-0.3, -0.25) is 0 Å². The Bertz CT molecular complexity index is 386. The zero-order valence-electron chi connectivity index (χ0n) is 10.5. The molecule has 18 heavy (non-hydrogen) atoms. The molecular weight excluding hydrogens is 254 g/mol. The predicted octanol–water partition coefficient (Wildman–Crippen LogP) is 2.04. The summed E-state index contributed by atoms with van der Waals surface area (Å²) in [5.41, 5.74) is 6.90. The highest BCUT2D eigenvalue weighted by molar-refractivity contribution is 5.85. The van der Waals surface area contributed by atoms with Crippen molar-refractivity contribution in [2.24, 2.45) is 5.73 Å². The average molecular weight is 274 g/mol. The summed E-state index contributed by atoms with van der Waals surface area (Å²) in [5, 5.41) is 9.88. The molecule has 0 aliphatic carbocycles. The van der Waals surface area contributed by atoms with Gasteiger partial charge in [0.05, 0.1) is 12.1 Å². The molecule has 1 aromatic carbocycles. The highest BCUT2D eigenvalue weighted by Gasteiger charge is 2.19. The van der Waals surface area contributed by atoms with E-state index in [9.17, 15) is 5.11 Å². The van der Waals surface area contributed by atoms with Crippen LogP contribution in [-0.4, -0.2) is 24.4 Å².